The molecule has 4 heteroatoms. The molecule has 0 heterocycles. The molecule has 0 saturated carbocycles. The zero-order valence-corrected chi connectivity index (χ0v) is 14.6. The number of aryl methyl sites for hydroxylation is 1. The van der Waals surface area contributed by atoms with Gasteiger partial charge in [-0.15, -0.1) is 0 Å². The van der Waals surface area contributed by atoms with Crippen LogP contribution >= 0.6 is 0 Å². The lowest BCUT2D eigenvalue weighted by Crippen LogP contribution is -2.14. The van der Waals surface area contributed by atoms with Gasteiger partial charge in [-0.3, -0.25) is 4.79 Å². The summed E-state index contributed by atoms with van der Waals surface area (Å²) in [6.45, 7) is 1.90. The van der Waals surface area contributed by atoms with Crippen molar-refractivity contribution in [3.63, 3.8) is 0 Å². The summed E-state index contributed by atoms with van der Waals surface area (Å²) >= 11 is 0. The molecule has 0 unspecified atom stereocenters. The lowest BCUT2D eigenvalue weighted by molar-refractivity contribution is -0.112. The zero-order chi connectivity index (χ0) is 18.5. The van der Waals surface area contributed by atoms with Crippen molar-refractivity contribution in [3.8, 4) is 11.8 Å². The van der Waals surface area contributed by atoms with E-state index in [4.69, 9.17) is 4.74 Å². The van der Waals surface area contributed by atoms with Gasteiger partial charge < -0.3 is 10.1 Å². The van der Waals surface area contributed by atoms with E-state index in [1.165, 1.54) is 0 Å². The smallest absolute Gasteiger partial charge is 0.266 e. The number of anilines is 1. The van der Waals surface area contributed by atoms with Gasteiger partial charge in [0.2, 0.25) is 0 Å². The number of para-hydroxylation sites is 1. The Morgan fingerprint density at radius 2 is 1.81 bits per heavy atom. The highest BCUT2D eigenvalue weighted by atomic mass is 16.5. The average Bonchev–Trinajstić information content (AvgIpc) is 2.67. The van der Waals surface area contributed by atoms with Crippen LogP contribution in [0.2, 0.25) is 0 Å². The first-order valence-electron chi connectivity index (χ1n) is 8.18. The van der Waals surface area contributed by atoms with E-state index < -0.39 is 5.91 Å². The van der Waals surface area contributed by atoms with E-state index in [0.717, 1.165) is 16.3 Å². The number of methoxy groups -OCH3 is 1. The highest BCUT2D eigenvalue weighted by molar-refractivity contribution is 6.11. The van der Waals surface area contributed by atoms with Crippen molar-refractivity contribution in [3.05, 3.63) is 77.4 Å². The molecule has 0 aliphatic heterocycles. The molecule has 0 aliphatic carbocycles. The summed E-state index contributed by atoms with van der Waals surface area (Å²) in [6, 6.07) is 21.0. The monoisotopic (exact) mass is 342 g/mol. The van der Waals surface area contributed by atoms with E-state index in [2.05, 4.69) is 5.32 Å². The van der Waals surface area contributed by atoms with Gasteiger partial charge >= 0.3 is 0 Å². The maximum absolute atomic E-state index is 12.6. The Hall–Kier alpha value is -3.58. The van der Waals surface area contributed by atoms with Crippen molar-refractivity contribution in [1.82, 2.24) is 0 Å². The van der Waals surface area contributed by atoms with E-state index in [9.17, 15) is 10.1 Å². The quantitative estimate of drug-likeness (QED) is 0.552. The number of nitrogens with zero attached hydrogens (tertiary/aromatic N) is 1. The lowest BCUT2D eigenvalue weighted by Gasteiger charge is -2.10. The van der Waals surface area contributed by atoms with Crippen molar-refractivity contribution in [2.24, 2.45) is 0 Å². The number of nitriles is 1. The van der Waals surface area contributed by atoms with Gasteiger partial charge in [-0.05, 0) is 41.5 Å². The number of rotatable bonds is 4. The van der Waals surface area contributed by atoms with Crippen LogP contribution in [0.4, 0.5) is 5.69 Å². The average molecular weight is 342 g/mol. The molecule has 0 radical (unpaired) electrons. The van der Waals surface area contributed by atoms with Gasteiger partial charge in [0.25, 0.3) is 5.91 Å². The van der Waals surface area contributed by atoms with Crippen molar-refractivity contribution in [2.45, 2.75) is 6.92 Å². The Kier molecular flexibility index (Phi) is 5.00. The summed E-state index contributed by atoms with van der Waals surface area (Å²) in [5.41, 5.74) is 2.34. The van der Waals surface area contributed by atoms with Crippen molar-refractivity contribution in [2.75, 3.05) is 12.4 Å². The largest absolute Gasteiger partial charge is 0.496 e. The van der Waals surface area contributed by atoms with Crippen molar-refractivity contribution >= 4 is 28.4 Å². The molecule has 0 fully saturated rings. The minimum atomic E-state index is -0.447. The molecule has 0 atom stereocenters. The van der Waals surface area contributed by atoms with Crippen LogP contribution in [0.3, 0.4) is 0 Å². The third-order valence-electron chi connectivity index (χ3n) is 4.20. The van der Waals surface area contributed by atoms with Crippen LogP contribution < -0.4 is 10.1 Å². The van der Waals surface area contributed by atoms with Crippen LogP contribution in [0.15, 0.2) is 66.2 Å². The van der Waals surface area contributed by atoms with Crippen LogP contribution in [0.25, 0.3) is 16.8 Å². The second-order valence-corrected chi connectivity index (χ2v) is 5.84. The Morgan fingerprint density at radius 1 is 1.08 bits per heavy atom. The van der Waals surface area contributed by atoms with Gasteiger partial charge in [0.05, 0.1) is 7.11 Å². The molecule has 3 aromatic rings. The second kappa shape index (κ2) is 7.54. The Morgan fingerprint density at radius 3 is 2.54 bits per heavy atom. The molecular formula is C22H18N2O2. The Bertz CT molecular complexity index is 1050. The summed E-state index contributed by atoms with van der Waals surface area (Å²) < 4.78 is 5.43. The molecule has 128 valence electrons. The van der Waals surface area contributed by atoms with Gasteiger partial charge in [0.1, 0.15) is 17.4 Å². The molecule has 0 saturated heterocycles. The number of carbonyl (C=O) groups is 1. The number of carbonyl (C=O) groups excluding carboxylic acids is 1. The van der Waals surface area contributed by atoms with Gasteiger partial charge in [0.15, 0.2) is 0 Å². The number of hydrogen-bond acceptors (Lipinski definition) is 3. The molecule has 1 N–H and O–H groups in total. The summed E-state index contributed by atoms with van der Waals surface area (Å²) in [5, 5.41) is 14.2. The summed E-state index contributed by atoms with van der Waals surface area (Å²) in [5.74, 6) is 0.164. The highest BCUT2D eigenvalue weighted by Crippen LogP contribution is 2.30. The molecule has 4 nitrogen and oxygen atoms in total. The molecule has 0 bridgehead atoms. The first-order chi connectivity index (χ1) is 12.6. The second-order valence-electron chi connectivity index (χ2n) is 5.84. The van der Waals surface area contributed by atoms with Gasteiger partial charge in [-0.2, -0.15) is 5.26 Å². The normalized spacial score (nSPS) is 11.0. The van der Waals surface area contributed by atoms with Crippen molar-refractivity contribution in [1.29, 1.82) is 5.26 Å². The fourth-order valence-corrected chi connectivity index (χ4v) is 2.80. The number of ether oxygens (including phenoxy) is 1. The fourth-order valence-electron chi connectivity index (χ4n) is 2.80. The first kappa shape index (κ1) is 17.2. The molecule has 0 aliphatic rings. The molecule has 3 rings (SSSR count). The van der Waals surface area contributed by atoms with Crippen molar-refractivity contribution < 1.29 is 9.53 Å². The third kappa shape index (κ3) is 3.42. The van der Waals surface area contributed by atoms with Crippen LogP contribution in [-0.4, -0.2) is 13.0 Å². The topological polar surface area (TPSA) is 62.1 Å². The van der Waals surface area contributed by atoms with E-state index in [1.807, 2.05) is 67.6 Å². The predicted molar refractivity (Wildman–Crippen MR) is 104 cm³/mol. The number of hydrogen-bond donors (Lipinski definition) is 1. The zero-order valence-electron chi connectivity index (χ0n) is 14.6. The van der Waals surface area contributed by atoms with Crippen LogP contribution in [0.5, 0.6) is 5.75 Å². The van der Waals surface area contributed by atoms with Crippen LogP contribution in [0.1, 0.15) is 11.1 Å². The first-order valence-corrected chi connectivity index (χ1v) is 8.18. The maximum Gasteiger partial charge on any atom is 0.266 e. The van der Waals surface area contributed by atoms with Crippen LogP contribution in [0, 0.1) is 18.3 Å². The molecule has 26 heavy (non-hydrogen) atoms. The van der Waals surface area contributed by atoms with E-state index >= 15 is 0 Å². The summed E-state index contributed by atoms with van der Waals surface area (Å²) in [7, 11) is 1.57. The number of fused-ring (bicyclic) bond motifs is 1. The fraction of sp³-hybridized carbons (Fsp3) is 0.0909. The minimum Gasteiger partial charge on any atom is -0.496 e. The summed E-state index contributed by atoms with van der Waals surface area (Å²) in [6.07, 6.45) is 1.58. The maximum atomic E-state index is 12.6. The van der Waals surface area contributed by atoms with Gasteiger partial charge in [-0.25, -0.2) is 0 Å². The molecule has 3 aromatic carbocycles. The Labute approximate surface area is 152 Å². The van der Waals surface area contributed by atoms with E-state index in [-0.39, 0.29) is 5.57 Å². The number of nitrogens with one attached hydrogen (secondary N) is 1. The minimum absolute atomic E-state index is 0.0166. The predicted octanol–water partition coefficient (Wildman–Crippen LogP) is 4.70. The number of amides is 1. The van der Waals surface area contributed by atoms with E-state index in [0.29, 0.717) is 17.0 Å². The lowest BCUT2D eigenvalue weighted by atomic mass is 10.0. The Balaban J connectivity index is 2.04. The molecule has 0 spiro atoms. The third-order valence-corrected chi connectivity index (χ3v) is 4.20. The van der Waals surface area contributed by atoms with Crippen LogP contribution in [-0.2, 0) is 4.79 Å². The molecule has 1 amide bonds. The van der Waals surface area contributed by atoms with Gasteiger partial charge in [-0.1, -0.05) is 48.5 Å². The standard InChI is InChI=1S/C22H18N2O2/c1-15-7-3-6-10-20(15)24-22(25)17(14-23)13-19-18-9-5-4-8-16(18)11-12-21(19)26-2/h3-13H,1-2H3,(H,24,25)/b17-13+. The molecule has 0 aromatic heterocycles. The molecular weight excluding hydrogens is 324 g/mol. The SMILES string of the molecule is COc1ccc2ccccc2c1/C=C(\C#N)C(=O)Nc1ccccc1C. The summed E-state index contributed by atoms with van der Waals surface area (Å²) in [4.78, 5) is 12.6. The number of benzene rings is 3. The van der Waals surface area contributed by atoms with E-state index in [1.54, 1.807) is 19.3 Å². The van der Waals surface area contributed by atoms with Gasteiger partial charge in [0, 0.05) is 11.3 Å². The highest BCUT2D eigenvalue weighted by Gasteiger charge is 2.14.